The van der Waals surface area contributed by atoms with Crippen LogP contribution in [0.3, 0.4) is 0 Å². The van der Waals surface area contributed by atoms with E-state index in [1.807, 2.05) is 0 Å². The molecule has 0 aliphatic heterocycles. The SMILES string of the molecule is Nc1c(O)cc(Cl)c2c1CCCC2. The summed E-state index contributed by atoms with van der Waals surface area (Å²) in [5.74, 6) is 0.116. The lowest BCUT2D eigenvalue weighted by molar-refractivity contribution is 0.476. The fourth-order valence-corrected chi connectivity index (χ4v) is 2.22. The van der Waals surface area contributed by atoms with E-state index in [0.717, 1.165) is 36.8 Å². The first-order valence-corrected chi connectivity index (χ1v) is 4.86. The van der Waals surface area contributed by atoms with Crippen LogP contribution in [0, 0.1) is 0 Å². The molecular formula is C10H12ClNO. The molecule has 0 radical (unpaired) electrons. The molecule has 0 fully saturated rings. The van der Waals surface area contributed by atoms with E-state index < -0.39 is 0 Å². The number of hydrogen-bond acceptors (Lipinski definition) is 2. The maximum Gasteiger partial charge on any atom is 0.140 e. The number of fused-ring (bicyclic) bond motifs is 1. The summed E-state index contributed by atoms with van der Waals surface area (Å²) in [5, 5.41) is 10.1. The minimum atomic E-state index is 0.116. The number of hydrogen-bond donors (Lipinski definition) is 2. The molecule has 13 heavy (non-hydrogen) atoms. The average Bonchev–Trinajstić information content (AvgIpc) is 2.15. The van der Waals surface area contributed by atoms with Gasteiger partial charge in [0.15, 0.2) is 0 Å². The minimum absolute atomic E-state index is 0.116. The Bertz CT molecular complexity index is 349. The summed E-state index contributed by atoms with van der Waals surface area (Å²) in [5.41, 5.74) is 8.46. The Morgan fingerprint density at radius 2 is 1.85 bits per heavy atom. The van der Waals surface area contributed by atoms with Crippen LogP contribution in [0.5, 0.6) is 5.75 Å². The van der Waals surface area contributed by atoms with Crippen molar-refractivity contribution in [2.75, 3.05) is 5.73 Å². The summed E-state index contributed by atoms with van der Waals surface area (Å²) < 4.78 is 0. The Morgan fingerprint density at radius 3 is 2.54 bits per heavy atom. The fraction of sp³-hybridized carbons (Fsp3) is 0.400. The molecule has 3 N–H and O–H groups in total. The molecular weight excluding hydrogens is 186 g/mol. The lowest BCUT2D eigenvalue weighted by Gasteiger charge is -2.19. The first kappa shape index (κ1) is 8.70. The van der Waals surface area contributed by atoms with Crippen molar-refractivity contribution >= 4 is 17.3 Å². The monoisotopic (exact) mass is 197 g/mol. The van der Waals surface area contributed by atoms with E-state index in [1.54, 1.807) is 6.07 Å². The molecule has 0 atom stereocenters. The van der Waals surface area contributed by atoms with E-state index in [4.69, 9.17) is 17.3 Å². The third-order valence-electron chi connectivity index (χ3n) is 2.62. The molecule has 0 heterocycles. The predicted octanol–water partition coefficient (Wildman–Crippen LogP) is 2.51. The van der Waals surface area contributed by atoms with Crippen molar-refractivity contribution < 1.29 is 5.11 Å². The van der Waals surface area contributed by atoms with Crippen LogP contribution in [0.1, 0.15) is 24.0 Å². The van der Waals surface area contributed by atoms with Gasteiger partial charge in [0.25, 0.3) is 0 Å². The number of benzene rings is 1. The zero-order valence-corrected chi connectivity index (χ0v) is 8.06. The number of anilines is 1. The molecule has 2 nitrogen and oxygen atoms in total. The quantitative estimate of drug-likeness (QED) is 0.496. The number of halogens is 1. The largest absolute Gasteiger partial charge is 0.506 e. The molecule has 70 valence electrons. The van der Waals surface area contributed by atoms with E-state index >= 15 is 0 Å². The zero-order chi connectivity index (χ0) is 9.42. The first-order valence-electron chi connectivity index (χ1n) is 4.49. The van der Waals surface area contributed by atoms with E-state index in [9.17, 15) is 5.11 Å². The van der Waals surface area contributed by atoms with Crippen molar-refractivity contribution in [2.24, 2.45) is 0 Å². The molecule has 3 heteroatoms. The van der Waals surface area contributed by atoms with Crippen molar-refractivity contribution in [2.45, 2.75) is 25.7 Å². The summed E-state index contributed by atoms with van der Waals surface area (Å²) >= 11 is 6.00. The maximum atomic E-state index is 9.45. The second-order valence-corrected chi connectivity index (χ2v) is 3.86. The Hall–Kier alpha value is -0.890. The molecule has 0 unspecified atom stereocenters. The van der Waals surface area contributed by atoms with Crippen molar-refractivity contribution in [3.8, 4) is 5.75 Å². The van der Waals surface area contributed by atoms with Crippen LogP contribution >= 0.6 is 11.6 Å². The number of aromatic hydroxyl groups is 1. The molecule has 0 aromatic heterocycles. The normalized spacial score (nSPS) is 15.5. The molecule has 1 aromatic rings. The van der Waals surface area contributed by atoms with Crippen LogP contribution in [0.25, 0.3) is 0 Å². The van der Waals surface area contributed by atoms with Crippen molar-refractivity contribution in [1.82, 2.24) is 0 Å². The van der Waals surface area contributed by atoms with Crippen LogP contribution < -0.4 is 5.73 Å². The summed E-state index contributed by atoms with van der Waals surface area (Å²) in [6, 6.07) is 1.54. The highest BCUT2D eigenvalue weighted by molar-refractivity contribution is 6.31. The van der Waals surface area contributed by atoms with Crippen molar-refractivity contribution in [1.29, 1.82) is 0 Å². The highest BCUT2D eigenvalue weighted by Gasteiger charge is 2.17. The Kier molecular flexibility index (Phi) is 2.08. The van der Waals surface area contributed by atoms with Gasteiger partial charge >= 0.3 is 0 Å². The highest BCUT2D eigenvalue weighted by atomic mass is 35.5. The second-order valence-electron chi connectivity index (χ2n) is 3.46. The number of nitrogen functional groups attached to an aromatic ring is 1. The minimum Gasteiger partial charge on any atom is -0.506 e. The van der Waals surface area contributed by atoms with Gasteiger partial charge in [0.05, 0.1) is 5.69 Å². The molecule has 1 aromatic carbocycles. The van der Waals surface area contributed by atoms with Crippen LogP contribution in [-0.2, 0) is 12.8 Å². The van der Waals surface area contributed by atoms with Gasteiger partial charge in [-0.3, -0.25) is 0 Å². The van der Waals surface area contributed by atoms with E-state index in [2.05, 4.69) is 0 Å². The first-order chi connectivity index (χ1) is 6.20. The topological polar surface area (TPSA) is 46.2 Å². The highest BCUT2D eigenvalue weighted by Crippen LogP contribution is 2.37. The van der Waals surface area contributed by atoms with Crippen molar-refractivity contribution in [3.63, 3.8) is 0 Å². The van der Waals surface area contributed by atoms with Gasteiger partial charge < -0.3 is 10.8 Å². The third-order valence-corrected chi connectivity index (χ3v) is 2.96. The molecule has 1 aliphatic rings. The fourth-order valence-electron chi connectivity index (χ4n) is 1.91. The average molecular weight is 198 g/mol. The number of rotatable bonds is 0. The van der Waals surface area contributed by atoms with Gasteiger partial charge in [-0.15, -0.1) is 0 Å². The van der Waals surface area contributed by atoms with Crippen LogP contribution in [-0.4, -0.2) is 5.11 Å². The Balaban J connectivity index is 2.63. The van der Waals surface area contributed by atoms with Crippen LogP contribution in [0.2, 0.25) is 5.02 Å². The zero-order valence-electron chi connectivity index (χ0n) is 7.31. The number of phenols is 1. The molecule has 2 rings (SSSR count). The molecule has 0 amide bonds. The molecule has 0 saturated carbocycles. The standard InChI is InChI=1S/C10H12ClNO/c11-8-5-9(13)10(12)7-4-2-1-3-6(7)8/h5,13H,1-4,12H2. The predicted molar refractivity (Wildman–Crippen MR) is 54.2 cm³/mol. The molecule has 1 aliphatic carbocycles. The summed E-state index contributed by atoms with van der Waals surface area (Å²) in [6.07, 6.45) is 4.22. The van der Waals surface area contributed by atoms with Gasteiger partial charge in [-0.05, 0) is 36.8 Å². The Labute approximate surface area is 82.3 Å². The van der Waals surface area contributed by atoms with Gasteiger partial charge in [-0.1, -0.05) is 11.6 Å². The van der Waals surface area contributed by atoms with Crippen LogP contribution in [0.4, 0.5) is 5.69 Å². The van der Waals surface area contributed by atoms with Crippen molar-refractivity contribution in [3.05, 3.63) is 22.2 Å². The molecule has 0 spiro atoms. The summed E-state index contributed by atoms with van der Waals surface area (Å²) in [4.78, 5) is 0. The van der Waals surface area contributed by atoms with Gasteiger partial charge in [-0.25, -0.2) is 0 Å². The summed E-state index contributed by atoms with van der Waals surface area (Å²) in [6.45, 7) is 0. The van der Waals surface area contributed by atoms with Crippen LogP contribution in [0.15, 0.2) is 6.07 Å². The van der Waals surface area contributed by atoms with Gasteiger partial charge in [0.1, 0.15) is 5.75 Å². The number of nitrogens with two attached hydrogens (primary N) is 1. The van der Waals surface area contributed by atoms with Gasteiger partial charge in [-0.2, -0.15) is 0 Å². The second kappa shape index (κ2) is 3.11. The third kappa shape index (κ3) is 1.35. The van der Waals surface area contributed by atoms with Gasteiger partial charge in [0, 0.05) is 11.1 Å². The smallest absolute Gasteiger partial charge is 0.140 e. The lowest BCUT2D eigenvalue weighted by atomic mass is 9.90. The molecule has 0 bridgehead atoms. The van der Waals surface area contributed by atoms with E-state index in [0.29, 0.717) is 10.7 Å². The van der Waals surface area contributed by atoms with E-state index in [-0.39, 0.29) is 5.75 Å². The maximum absolute atomic E-state index is 9.45. The Morgan fingerprint density at radius 1 is 1.23 bits per heavy atom. The van der Waals surface area contributed by atoms with Gasteiger partial charge in [0.2, 0.25) is 0 Å². The summed E-state index contributed by atoms with van der Waals surface area (Å²) in [7, 11) is 0. The molecule has 0 saturated heterocycles. The number of phenolic OH excluding ortho intramolecular Hbond substituents is 1. The van der Waals surface area contributed by atoms with E-state index in [1.165, 1.54) is 0 Å². The lowest BCUT2D eigenvalue weighted by Crippen LogP contribution is -2.07.